The van der Waals surface area contributed by atoms with E-state index >= 15 is 0 Å². The molecule has 0 atom stereocenters. The highest BCUT2D eigenvalue weighted by molar-refractivity contribution is 6.48. The van der Waals surface area contributed by atoms with Gasteiger partial charge in [-0.25, -0.2) is 4.98 Å². The largest absolute Gasteiger partial charge is 0.481 e. The molecule has 0 saturated carbocycles. The van der Waals surface area contributed by atoms with Gasteiger partial charge in [0.05, 0.1) is 28.6 Å². The second-order valence-electron chi connectivity index (χ2n) is 4.18. The van der Waals surface area contributed by atoms with Gasteiger partial charge in [0.15, 0.2) is 0 Å². The van der Waals surface area contributed by atoms with E-state index in [9.17, 15) is 4.79 Å². The molecule has 1 N–H and O–H groups in total. The summed E-state index contributed by atoms with van der Waals surface area (Å²) in [6.45, 7) is 0. The summed E-state index contributed by atoms with van der Waals surface area (Å²) in [5.74, 6) is -0.668. The average molecular weight is 347 g/mol. The van der Waals surface area contributed by atoms with E-state index in [-0.39, 0.29) is 21.5 Å². The van der Waals surface area contributed by atoms with Crippen LogP contribution in [0.5, 0.6) is 5.88 Å². The molecular formula is C14H10Cl3NO3. The van der Waals surface area contributed by atoms with Gasteiger partial charge < -0.3 is 9.84 Å². The minimum absolute atomic E-state index is 0.175. The Bertz CT molecular complexity index is 681. The topological polar surface area (TPSA) is 59.4 Å². The van der Waals surface area contributed by atoms with Crippen LogP contribution in [0.15, 0.2) is 24.4 Å². The number of aliphatic carboxylic acids is 1. The fraction of sp³-hybridized carbons (Fsp3) is 0.143. The average Bonchev–Trinajstić information content (AvgIpc) is 2.43. The van der Waals surface area contributed by atoms with E-state index in [1.165, 1.54) is 13.3 Å². The zero-order valence-electron chi connectivity index (χ0n) is 10.9. The molecule has 0 bridgehead atoms. The van der Waals surface area contributed by atoms with Gasteiger partial charge in [0.1, 0.15) is 0 Å². The van der Waals surface area contributed by atoms with Crippen molar-refractivity contribution in [2.45, 2.75) is 6.42 Å². The zero-order chi connectivity index (χ0) is 15.6. The van der Waals surface area contributed by atoms with Gasteiger partial charge in [0.25, 0.3) is 0 Å². The van der Waals surface area contributed by atoms with Crippen LogP contribution in [-0.4, -0.2) is 23.2 Å². The normalized spacial score (nSPS) is 10.5. The van der Waals surface area contributed by atoms with Crippen molar-refractivity contribution in [1.82, 2.24) is 4.98 Å². The Hall–Kier alpha value is -1.49. The smallest absolute Gasteiger partial charge is 0.307 e. The number of nitrogens with zero attached hydrogens (tertiary/aromatic N) is 1. The van der Waals surface area contributed by atoms with Crippen LogP contribution in [0.2, 0.25) is 15.1 Å². The van der Waals surface area contributed by atoms with Gasteiger partial charge in [-0.05, 0) is 29.3 Å². The highest BCUT2D eigenvalue weighted by Gasteiger charge is 2.17. The number of rotatable bonds is 4. The van der Waals surface area contributed by atoms with E-state index in [0.29, 0.717) is 22.6 Å². The van der Waals surface area contributed by atoms with Crippen LogP contribution in [0.25, 0.3) is 11.1 Å². The van der Waals surface area contributed by atoms with E-state index in [4.69, 9.17) is 44.6 Å². The van der Waals surface area contributed by atoms with Gasteiger partial charge in [0.2, 0.25) is 5.88 Å². The predicted molar refractivity (Wildman–Crippen MR) is 82.6 cm³/mol. The fourth-order valence-corrected chi connectivity index (χ4v) is 2.55. The maximum absolute atomic E-state index is 11.0. The van der Waals surface area contributed by atoms with Gasteiger partial charge >= 0.3 is 5.97 Å². The van der Waals surface area contributed by atoms with Gasteiger partial charge in [-0.2, -0.15) is 0 Å². The first-order valence-corrected chi connectivity index (χ1v) is 6.96. The summed E-state index contributed by atoms with van der Waals surface area (Å²) < 4.78 is 5.21. The Morgan fingerprint density at radius 1 is 1.29 bits per heavy atom. The molecule has 0 radical (unpaired) electrons. The molecule has 0 unspecified atom stereocenters. The van der Waals surface area contributed by atoms with Crippen molar-refractivity contribution in [3.63, 3.8) is 0 Å². The molecule has 0 aliphatic heterocycles. The molecule has 0 amide bonds. The lowest BCUT2D eigenvalue weighted by molar-refractivity contribution is -0.136. The minimum Gasteiger partial charge on any atom is -0.481 e. The number of benzene rings is 1. The van der Waals surface area contributed by atoms with Crippen molar-refractivity contribution >= 4 is 40.8 Å². The van der Waals surface area contributed by atoms with E-state index in [2.05, 4.69) is 4.98 Å². The van der Waals surface area contributed by atoms with Crippen molar-refractivity contribution in [1.29, 1.82) is 0 Å². The molecule has 1 aromatic carbocycles. The molecule has 0 aliphatic rings. The second-order valence-corrected chi connectivity index (χ2v) is 5.37. The summed E-state index contributed by atoms with van der Waals surface area (Å²) in [5, 5.41) is 9.80. The van der Waals surface area contributed by atoms with Crippen LogP contribution >= 0.6 is 34.8 Å². The number of pyridine rings is 1. The number of halogens is 3. The van der Waals surface area contributed by atoms with Crippen LogP contribution in [0.1, 0.15) is 5.56 Å². The van der Waals surface area contributed by atoms with Gasteiger partial charge in [0, 0.05) is 11.8 Å². The highest BCUT2D eigenvalue weighted by Crippen LogP contribution is 2.39. The predicted octanol–water partition coefficient (Wildman–Crippen LogP) is 4.34. The summed E-state index contributed by atoms with van der Waals surface area (Å²) in [4.78, 5) is 15.1. The highest BCUT2D eigenvalue weighted by atomic mass is 35.5. The van der Waals surface area contributed by atoms with Gasteiger partial charge in [-0.3, -0.25) is 4.79 Å². The Labute approximate surface area is 136 Å². The lowest BCUT2D eigenvalue weighted by atomic mass is 9.99. The summed E-state index contributed by atoms with van der Waals surface area (Å²) >= 11 is 18.0. The Kier molecular flexibility index (Phi) is 4.93. The van der Waals surface area contributed by atoms with Crippen molar-refractivity contribution in [2.75, 3.05) is 7.11 Å². The lowest BCUT2D eigenvalue weighted by Gasteiger charge is -2.13. The monoisotopic (exact) mass is 345 g/mol. The number of ether oxygens (including phenoxy) is 1. The van der Waals surface area contributed by atoms with Gasteiger partial charge in [-0.1, -0.05) is 34.8 Å². The molecule has 0 spiro atoms. The molecule has 21 heavy (non-hydrogen) atoms. The summed E-state index contributed by atoms with van der Waals surface area (Å²) in [5.41, 5.74) is 1.67. The maximum atomic E-state index is 11.0. The number of carboxylic acid groups (broad SMARTS) is 1. The van der Waals surface area contributed by atoms with E-state index in [1.54, 1.807) is 18.2 Å². The van der Waals surface area contributed by atoms with Crippen LogP contribution in [0.3, 0.4) is 0 Å². The van der Waals surface area contributed by atoms with Crippen LogP contribution in [-0.2, 0) is 11.2 Å². The maximum Gasteiger partial charge on any atom is 0.307 e. The van der Waals surface area contributed by atoms with Crippen molar-refractivity contribution < 1.29 is 14.6 Å². The van der Waals surface area contributed by atoms with Crippen molar-refractivity contribution in [2.24, 2.45) is 0 Å². The van der Waals surface area contributed by atoms with Crippen molar-refractivity contribution in [3.05, 3.63) is 45.0 Å². The Morgan fingerprint density at radius 2 is 1.90 bits per heavy atom. The summed E-state index contributed by atoms with van der Waals surface area (Å²) in [6, 6.07) is 4.81. The standard InChI is InChI=1S/C14H10Cl3NO3/c1-21-14-12(7(2-3-18-14)6-11(19)20)8-4-9(15)13(17)10(16)5-8/h2-5H,6H2,1H3,(H,19,20). The SMILES string of the molecule is COc1nccc(CC(=O)O)c1-c1cc(Cl)c(Cl)c(Cl)c1. The third kappa shape index (κ3) is 3.40. The molecule has 0 aliphatic carbocycles. The molecule has 0 saturated heterocycles. The number of carboxylic acids is 1. The van der Waals surface area contributed by atoms with E-state index < -0.39 is 5.97 Å². The van der Waals surface area contributed by atoms with Gasteiger partial charge in [-0.15, -0.1) is 0 Å². The first-order chi connectivity index (χ1) is 9.93. The third-order valence-corrected chi connectivity index (χ3v) is 4.01. The second kappa shape index (κ2) is 6.52. The van der Waals surface area contributed by atoms with Crippen LogP contribution in [0, 0.1) is 0 Å². The molecule has 2 aromatic rings. The van der Waals surface area contributed by atoms with E-state index in [0.717, 1.165) is 0 Å². The van der Waals surface area contributed by atoms with Crippen LogP contribution < -0.4 is 4.74 Å². The molecule has 0 fully saturated rings. The fourth-order valence-electron chi connectivity index (χ4n) is 1.95. The first-order valence-electron chi connectivity index (χ1n) is 5.82. The molecule has 1 heterocycles. The third-order valence-electron chi connectivity index (χ3n) is 2.81. The number of carbonyl (C=O) groups is 1. The molecule has 4 nitrogen and oxygen atoms in total. The first kappa shape index (κ1) is 15.9. The quantitative estimate of drug-likeness (QED) is 0.836. The number of hydrogen-bond acceptors (Lipinski definition) is 3. The number of hydrogen-bond donors (Lipinski definition) is 1. The number of methoxy groups -OCH3 is 1. The minimum atomic E-state index is -0.962. The molecular weight excluding hydrogens is 337 g/mol. The number of aromatic nitrogens is 1. The zero-order valence-corrected chi connectivity index (χ0v) is 13.1. The Balaban J connectivity index is 2.69. The molecule has 1 aromatic heterocycles. The lowest BCUT2D eigenvalue weighted by Crippen LogP contribution is -2.04. The van der Waals surface area contributed by atoms with E-state index in [1.807, 2.05) is 0 Å². The molecule has 7 heteroatoms. The molecule has 110 valence electrons. The van der Waals surface area contributed by atoms with Crippen molar-refractivity contribution in [3.8, 4) is 17.0 Å². The van der Waals surface area contributed by atoms with Crippen LogP contribution in [0.4, 0.5) is 0 Å². The summed E-state index contributed by atoms with van der Waals surface area (Å²) in [7, 11) is 1.45. The summed E-state index contributed by atoms with van der Waals surface area (Å²) in [6.07, 6.45) is 1.31. The Morgan fingerprint density at radius 3 is 2.43 bits per heavy atom. The molecule has 2 rings (SSSR count).